The molecule has 3 nitrogen and oxygen atoms in total. The summed E-state index contributed by atoms with van der Waals surface area (Å²) in [5.74, 6) is 0.639. The van der Waals surface area contributed by atoms with E-state index < -0.39 is 0 Å². The molecular weight excluding hydrogens is 267 g/mol. The Labute approximate surface area is 126 Å². The highest BCUT2D eigenvalue weighted by atomic mass is 19.1. The van der Waals surface area contributed by atoms with Crippen LogP contribution in [0.5, 0.6) is 0 Å². The Kier molecular flexibility index (Phi) is 4.45. The van der Waals surface area contributed by atoms with Crippen molar-refractivity contribution < 1.29 is 9.50 Å². The topological polar surface area (TPSA) is 35.5 Å². The Bertz CT molecular complexity index is 482. The first kappa shape index (κ1) is 14.8. The van der Waals surface area contributed by atoms with Gasteiger partial charge in [0.2, 0.25) is 0 Å². The number of hydrogen-bond donors (Lipinski definition) is 2. The van der Waals surface area contributed by atoms with Crippen LogP contribution in [0.25, 0.3) is 0 Å². The Morgan fingerprint density at radius 2 is 2.00 bits per heavy atom. The van der Waals surface area contributed by atoms with Crippen LogP contribution in [0.2, 0.25) is 0 Å². The summed E-state index contributed by atoms with van der Waals surface area (Å²) in [5, 5.41) is 13.2. The first-order valence-corrected chi connectivity index (χ1v) is 8.09. The summed E-state index contributed by atoms with van der Waals surface area (Å²) in [6, 6.07) is 5.24. The maximum atomic E-state index is 13.7. The second-order valence-electron chi connectivity index (χ2n) is 6.49. The number of benzene rings is 1. The smallest absolute Gasteiger partial charge is 0.123 e. The van der Waals surface area contributed by atoms with Gasteiger partial charge in [-0.05, 0) is 68.8 Å². The SMILES string of the molecule is CC(NCC1CC1)c1cc(F)ccc1N1CCC(O)CC1. The highest BCUT2D eigenvalue weighted by Gasteiger charge is 2.24. The lowest BCUT2D eigenvalue weighted by molar-refractivity contribution is 0.145. The van der Waals surface area contributed by atoms with Crippen molar-refractivity contribution in [1.29, 1.82) is 0 Å². The standard InChI is InChI=1S/C17H25FN2O/c1-12(19-11-13-2-3-13)16-10-14(18)4-5-17(16)20-8-6-15(21)7-9-20/h4-5,10,12-13,15,19,21H,2-3,6-9,11H2,1H3. The minimum absolute atomic E-state index is 0.156. The van der Waals surface area contributed by atoms with Gasteiger partial charge in [-0.2, -0.15) is 0 Å². The Balaban J connectivity index is 1.75. The van der Waals surface area contributed by atoms with Crippen LogP contribution in [0.1, 0.15) is 44.2 Å². The van der Waals surface area contributed by atoms with Crippen LogP contribution < -0.4 is 10.2 Å². The monoisotopic (exact) mass is 292 g/mol. The lowest BCUT2D eigenvalue weighted by Crippen LogP contribution is -2.37. The number of nitrogens with zero attached hydrogens (tertiary/aromatic N) is 1. The number of halogens is 1. The number of aliphatic hydroxyl groups is 1. The lowest BCUT2D eigenvalue weighted by Gasteiger charge is -2.34. The van der Waals surface area contributed by atoms with E-state index in [4.69, 9.17) is 0 Å². The average molecular weight is 292 g/mol. The molecule has 0 aromatic heterocycles. The maximum absolute atomic E-state index is 13.7. The van der Waals surface area contributed by atoms with Crippen molar-refractivity contribution in [3.63, 3.8) is 0 Å². The van der Waals surface area contributed by atoms with E-state index in [1.807, 2.05) is 6.07 Å². The summed E-state index contributed by atoms with van der Waals surface area (Å²) in [6.45, 7) is 4.82. The fraction of sp³-hybridized carbons (Fsp3) is 0.647. The second kappa shape index (κ2) is 6.32. The lowest BCUT2D eigenvalue weighted by atomic mass is 10.0. The average Bonchev–Trinajstić information content (AvgIpc) is 3.30. The third-order valence-corrected chi connectivity index (χ3v) is 4.67. The highest BCUT2D eigenvalue weighted by Crippen LogP contribution is 2.32. The molecule has 1 heterocycles. The van der Waals surface area contributed by atoms with Gasteiger partial charge in [0.25, 0.3) is 0 Å². The molecule has 1 aliphatic heterocycles. The van der Waals surface area contributed by atoms with Gasteiger partial charge in [0.15, 0.2) is 0 Å². The van der Waals surface area contributed by atoms with Crippen LogP contribution >= 0.6 is 0 Å². The Hall–Kier alpha value is -1.13. The molecule has 1 saturated carbocycles. The first-order chi connectivity index (χ1) is 10.1. The van der Waals surface area contributed by atoms with E-state index in [2.05, 4.69) is 17.1 Å². The molecular formula is C17H25FN2O. The molecule has 0 spiro atoms. The molecule has 2 N–H and O–H groups in total. The molecule has 1 aliphatic carbocycles. The molecule has 4 heteroatoms. The number of piperidine rings is 1. The largest absolute Gasteiger partial charge is 0.393 e. The zero-order valence-corrected chi connectivity index (χ0v) is 12.7. The fourth-order valence-corrected chi connectivity index (χ4v) is 3.04. The van der Waals surface area contributed by atoms with Gasteiger partial charge in [0.05, 0.1) is 6.10 Å². The van der Waals surface area contributed by atoms with E-state index in [0.29, 0.717) is 0 Å². The van der Waals surface area contributed by atoms with Crippen molar-refractivity contribution in [2.24, 2.45) is 5.92 Å². The van der Waals surface area contributed by atoms with Crippen molar-refractivity contribution in [2.45, 2.75) is 44.8 Å². The summed E-state index contributed by atoms with van der Waals surface area (Å²) >= 11 is 0. The van der Waals surface area contributed by atoms with E-state index in [0.717, 1.165) is 49.6 Å². The van der Waals surface area contributed by atoms with Gasteiger partial charge in [0.1, 0.15) is 5.82 Å². The van der Waals surface area contributed by atoms with E-state index in [1.54, 1.807) is 6.07 Å². The summed E-state index contributed by atoms with van der Waals surface area (Å²) in [5.41, 5.74) is 2.14. The fourth-order valence-electron chi connectivity index (χ4n) is 3.04. The third-order valence-electron chi connectivity index (χ3n) is 4.67. The van der Waals surface area contributed by atoms with Crippen LogP contribution in [0, 0.1) is 11.7 Å². The molecule has 1 unspecified atom stereocenters. The quantitative estimate of drug-likeness (QED) is 0.876. The molecule has 1 aromatic rings. The number of rotatable bonds is 5. The van der Waals surface area contributed by atoms with Crippen molar-refractivity contribution in [1.82, 2.24) is 5.32 Å². The molecule has 0 bridgehead atoms. The molecule has 1 atom stereocenters. The maximum Gasteiger partial charge on any atom is 0.123 e. The van der Waals surface area contributed by atoms with E-state index in [1.165, 1.54) is 18.9 Å². The summed E-state index contributed by atoms with van der Waals surface area (Å²) in [4.78, 5) is 2.27. The van der Waals surface area contributed by atoms with Gasteiger partial charge < -0.3 is 15.3 Å². The molecule has 1 aromatic carbocycles. The number of hydrogen-bond acceptors (Lipinski definition) is 3. The Morgan fingerprint density at radius 1 is 1.29 bits per heavy atom. The van der Waals surface area contributed by atoms with E-state index in [9.17, 15) is 9.50 Å². The van der Waals surface area contributed by atoms with Crippen molar-refractivity contribution in [3.8, 4) is 0 Å². The van der Waals surface area contributed by atoms with Gasteiger partial charge in [0, 0.05) is 24.8 Å². The summed E-state index contributed by atoms with van der Waals surface area (Å²) in [7, 11) is 0. The summed E-state index contributed by atoms with van der Waals surface area (Å²) in [6.07, 6.45) is 4.04. The van der Waals surface area contributed by atoms with Gasteiger partial charge in [-0.15, -0.1) is 0 Å². The molecule has 3 rings (SSSR count). The van der Waals surface area contributed by atoms with Crippen molar-refractivity contribution in [2.75, 3.05) is 24.5 Å². The zero-order chi connectivity index (χ0) is 14.8. The Morgan fingerprint density at radius 3 is 2.67 bits per heavy atom. The van der Waals surface area contributed by atoms with Crippen LogP contribution in [-0.2, 0) is 0 Å². The zero-order valence-electron chi connectivity index (χ0n) is 12.7. The van der Waals surface area contributed by atoms with E-state index >= 15 is 0 Å². The first-order valence-electron chi connectivity index (χ1n) is 8.09. The third kappa shape index (κ3) is 3.74. The second-order valence-corrected chi connectivity index (χ2v) is 6.49. The molecule has 116 valence electrons. The molecule has 2 aliphatic rings. The van der Waals surface area contributed by atoms with Crippen LogP contribution in [0.3, 0.4) is 0 Å². The predicted molar refractivity (Wildman–Crippen MR) is 83.0 cm³/mol. The van der Waals surface area contributed by atoms with Crippen molar-refractivity contribution in [3.05, 3.63) is 29.6 Å². The van der Waals surface area contributed by atoms with Gasteiger partial charge in [-0.1, -0.05) is 0 Å². The molecule has 21 heavy (non-hydrogen) atoms. The van der Waals surface area contributed by atoms with Gasteiger partial charge >= 0.3 is 0 Å². The normalized spacial score (nSPS) is 21.6. The summed E-state index contributed by atoms with van der Waals surface area (Å²) < 4.78 is 13.7. The van der Waals surface area contributed by atoms with Gasteiger partial charge in [-0.3, -0.25) is 0 Å². The minimum Gasteiger partial charge on any atom is -0.393 e. The van der Waals surface area contributed by atoms with Gasteiger partial charge in [-0.25, -0.2) is 4.39 Å². The number of aliphatic hydroxyl groups excluding tert-OH is 1. The van der Waals surface area contributed by atoms with Crippen molar-refractivity contribution >= 4 is 5.69 Å². The molecule has 2 fully saturated rings. The van der Waals surface area contributed by atoms with Crippen LogP contribution in [0.15, 0.2) is 18.2 Å². The van der Waals surface area contributed by atoms with Crippen LogP contribution in [0.4, 0.5) is 10.1 Å². The predicted octanol–water partition coefficient (Wildman–Crippen LogP) is 2.85. The highest BCUT2D eigenvalue weighted by molar-refractivity contribution is 5.55. The molecule has 1 saturated heterocycles. The number of anilines is 1. The minimum atomic E-state index is -0.185. The molecule has 0 amide bonds. The van der Waals surface area contributed by atoms with Crippen LogP contribution in [-0.4, -0.2) is 30.8 Å². The number of nitrogens with one attached hydrogen (secondary N) is 1. The van der Waals surface area contributed by atoms with E-state index in [-0.39, 0.29) is 18.0 Å². The molecule has 0 radical (unpaired) electrons.